The van der Waals surface area contributed by atoms with Crippen LogP contribution in [0, 0.1) is 0 Å². The number of hydrogen-bond acceptors (Lipinski definition) is 5. The summed E-state index contributed by atoms with van der Waals surface area (Å²) in [4.78, 5) is 10.5. The third kappa shape index (κ3) is 5.37. The summed E-state index contributed by atoms with van der Waals surface area (Å²) in [5, 5.41) is 0. The van der Waals surface area contributed by atoms with E-state index in [9.17, 15) is 13.2 Å². The Hall–Kier alpha value is -1.27. The zero-order valence-electron chi connectivity index (χ0n) is 9.76. The van der Waals surface area contributed by atoms with Gasteiger partial charge in [-0.3, -0.25) is 4.79 Å². The van der Waals surface area contributed by atoms with E-state index in [-0.39, 0.29) is 10.9 Å². The summed E-state index contributed by atoms with van der Waals surface area (Å²) in [6.45, 7) is 2.01. The van der Waals surface area contributed by atoms with Crippen LogP contribution in [0.2, 0.25) is 0 Å². The van der Waals surface area contributed by atoms with Gasteiger partial charge in [0.2, 0.25) is 0 Å². The Bertz CT molecular complexity index is 495. The molecule has 5 nitrogen and oxygen atoms in total. The Morgan fingerprint density at radius 1 is 1.22 bits per heavy atom. The van der Waals surface area contributed by atoms with Crippen LogP contribution in [-0.2, 0) is 18.6 Å². The van der Waals surface area contributed by atoms with Gasteiger partial charge < -0.3 is 9.47 Å². The summed E-state index contributed by atoms with van der Waals surface area (Å²) >= 11 is 0. The van der Waals surface area contributed by atoms with E-state index >= 15 is 0 Å². The molecule has 100 valence electrons. The third-order valence-electron chi connectivity index (χ3n) is 1.97. The topological polar surface area (TPSA) is 69.7 Å². The summed E-state index contributed by atoms with van der Waals surface area (Å²) in [6, 6.07) is 5.76. The number of hydrogen-bond donors (Lipinski definition) is 0. The van der Waals surface area contributed by atoms with Gasteiger partial charge >= 0.3 is 5.97 Å². The molecule has 1 aromatic rings. The van der Waals surface area contributed by atoms with E-state index in [0.717, 1.165) is 0 Å². The smallest absolute Gasteiger partial charge is 0.302 e. The van der Waals surface area contributed by atoms with Crippen LogP contribution < -0.4 is 4.74 Å². The maximum absolute atomic E-state index is 11.0. The lowest BCUT2D eigenvalue weighted by Gasteiger charge is -2.06. The molecular formula is C11H13ClO5S. The van der Waals surface area contributed by atoms with Crippen LogP contribution in [0.4, 0.5) is 0 Å². The Balaban J connectivity index is 2.38. The fourth-order valence-electron chi connectivity index (χ4n) is 1.16. The molecule has 0 spiro atoms. The van der Waals surface area contributed by atoms with E-state index < -0.39 is 9.05 Å². The minimum Gasteiger partial charge on any atom is -0.493 e. The second-order valence-electron chi connectivity index (χ2n) is 3.45. The molecule has 0 atom stereocenters. The molecule has 1 aromatic carbocycles. The lowest BCUT2D eigenvalue weighted by Crippen LogP contribution is -2.05. The van der Waals surface area contributed by atoms with Crippen molar-refractivity contribution in [3.8, 4) is 5.75 Å². The Morgan fingerprint density at radius 3 is 2.33 bits per heavy atom. The van der Waals surface area contributed by atoms with Crippen molar-refractivity contribution in [3.63, 3.8) is 0 Å². The molecule has 0 fully saturated rings. The zero-order valence-corrected chi connectivity index (χ0v) is 11.3. The molecule has 0 aromatic heterocycles. The first kappa shape index (κ1) is 14.8. The lowest BCUT2D eigenvalue weighted by atomic mass is 10.3. The Morgan fingerprint density at radius 2 is 1.83 bits per heavy atom. The summed E-state index contributed by atoms with van der Waals surface area (Å²) in [6.07, 6.45) is 0.565. The number of ether oxygens (including phenoxy) is 2. The van der Waals surface area contributed by atoms with Gasteiger partial charge in [-0.1, -0.05) is 0 Å². The van der Waals surface area contributed by atoms with Gasteiger partial charge in [0.15, 0.2) is 0 Å². The summed E-state index contributed by atoms with van der Waals surface area (Å²) < 4.78 is 32.0. The van der Waals surface area contributed by atoms with Crippen molar-refractivity contribution >= 4 is 25.7 Å². The Kier molecular flexibility index (Phi) is 5.43. The van der Waals surface area contributed by atoms with E-state index in [1.54, 1.807) is 0 Å². The van der Waals surface area contributed by atoms with Gasteiger partial charge in [0.05, 0.1) is 18.1 Å². The van der Waals surface area contributed by atoms with Gasteiger partial charge in [0, 0.05) is 24.0 Å². The molecule has 0 aliphatic carbocycles. The average molecular weight is 293 g/mol. The average Bonchev–Trinajstić information content (AvgIpc) is 2.27. The first-order chi connectivity index (χ1) is 8.39. The van der Waals surface area contributed by atoms with E-state index in [0.29, 0.717) is 25.4 Å². The van der Waals surface area contributed by atoms with E-state index in [4.69, 9.17) is 20.2 Å². The first-order valence-electron chi connectivity index (χ1n) is 5.20. The van der Waals surface area contributed by atoms with Crippen LogP contribution >= 0.6 is 10.7 Å². The predicted molar refractivity (Wildman–Crippen MR) is 66.2 cm³/mol. The van der Waals surface area contributed by atoms with E-state index in [1.165, 1.54) is 31.2 Å². The SMILES string of the molecule is CC(=O)OCCCOc1ccc(S(=O)(=O)Cl)cc1. The van der Waals surface area contributed by atoms with Gasteiger partial charge in [0.1, 0.15) is 5.75 Å². The molecule has 0 unspecified atom stereocenters. The van der Waals surface area contributed by atoms with Gasteiger partial charge in [-0.25, -0.2) is 8.42 Å². The molecule has 18 heavy (non-hydrogen) atoms. The highest BCUT2D eigenvalue weighted by Gasteiger charge is 2.08. The molecule has 0 N–H and O–H groups in total. The standard InChI is InChI=1S/C11H13ClO5S/c1-9(13)16-7-2-8-17-10-3-5-11(6-4-10)18(12,14)15/h3-6H,2,7-8H2,1H3. The van der Waals surface area contributed by atoms with E-state index in [2.05, 4.69) is 0 Å². The lowest BCUT2D eigenvalue weighted by molar-refractivity contribution is -0.141. The number of rotatable bonds is 6. The second kappa shape index (κ2) is 6.61. The molecule has 0 amide bonds. The number of esters is 1. The van der Waals surface area contributed by atoms with Crippen molar-refractivity contribution in [2.45, 2.75) is 18.2 Å². The number of halogens is 1. The molecule has 0 saturated carbocycles. The highest BCUT2D eigenvalue weighted by molar-refractivity contribution is 8.13. The molecule has 0 aliphatic rings. The van der Waals surface area contributed by atoms with Crippen molar-refractivity contribution < 1.29 is 22.7 Å². The monoisotopic (exact) mass is 292 g/mol. The minimum atomic E-state index is -3.70. The van der Waals surface area contributed by atoms with Crippen molar-refractivity contribution in [1.82, 2.24) is 0 Å². The largest absolute Gasteiger partial charge is 0.493 e. The maximum atomic E-state index is 11.0. The van der Waals surface area contributed by atoms with E-state index in [1.807, 2.05) is 0 Å². The number of benzene rings is 1. The quantitative estimate of drug-likeness (QED) is 0.455. The van der Waals surface area contributed by atoms with Gasteiger partial charge in [-0.15, -0.1) is 0 Å². The normalized spacial score (nSPS) is 11.0. The van der Waals surface area contributed by atoms with Gasteiger partial charge in [0.25, 0.3) is 9.05 Å². The molecule has 0 aliphatic heterocycles. The molecule has 0 bridgehead atoms. The fourth-order valence-corrected chi connectivity index (χ4v) is 1.93. The van der Waals surface area contributed by atoms with Crippen LogP contribution in [0.5, 0.6) is 5.75 Å². The summed E-state index contributed by atoms with van der Waals surface area (Å²) in [7, 11) is 1.47. The van der Waals surface area contributed by atoms with Crippen LogP contribution in [0.1, 0.15) is 13.3 Å². The zero-order chi connectivity index (χ0) is 13.6. The minimum absolute atomic E-state index is 0.0245. The molecular weight excluding hydrogens is 280 g/mol. The van der Waals surface area contributed by atoms with Crippen LogP contribution in [-0.4, -0.2) is 27.6 Å². The van der Waals surface area contributed by atoms with Crippen molar-refractivity contribution in [2.24, 2.45) is 0 Å². The van der Waals surface area contributed by atoms with Crippen molar-refractivity contribution in [1.29, 1.82) is 0 Å². The van der Waals surface area contributed by atoms with Crippen molar-refractivity contribution in [2.75, 3.05) is 13.2 Å². The first-order valence-corrected chi connectivity index (χ1v) is 7.51. The fraction of sp³-hybridized carbons (Fsp3) is 0.364. The summed E-state index contributed by atoms with van der Waals surface area (Å²) in [5.74, 6) is 0.202. The van der Waals surface area contributed by atoms with Crippen LogP contribution in [0.25, 0.3) is 0 Å². The molecule has 0 radical (unpaired) electrons. The number of carbonyl (C=O) groups excluding carboxylic acids is 1. The molecule has 1 rings (SSSR count). The second-order valence-corrected chi connectivity index (χ2v) is 6.02. The molecule has 7 heteroatoms. The Labute approximate surface area is 110 Å². The molecule has 0 heterocycles. The predicted octanol–water partition coefficient (Wildman–Crippen LogP) is 1.95. The van der Waals surface area contributed by atoms with Gasteiger partial charge in [-0.2, -0.15) is 0 Å². The highest BCUT2D eigenvalue weighted by atomic mass is 35.7. The highest BCUT2D eigenvalue weighted by Crippen LogP contribution is 2.18. The van der Waals surface area contributed by atoms with Crippen LogP contribution in [0.15, 0.2) is 29.2 Å². The molecule has 0 saturated heterocycles. The van der Waals surface area contributed by atoms with Crippen molar-refractivity contribution in [3.05, 3.63) is 24.3 Å². The summed E-state index contributed by atoms with van der Waals surface area (Å²) in [5.41, 5.74) is 0. The van der Waals surface area contributed by atoms with Gasteiger partial charge in [-0.05, 0) is 24.3 Å². The third-order valence-corrected chi connectivity index (χ3v) is 3.34. The number of carbonyl (C=O) groups is 1. The maximum Gasteiger partial charge on any atom is 0.302 e. The van der Waals surface area contributed by atoms with Crippen LogP contribution in [0.3, 0.4) is 0 Å².